The van der Waals surface area contributed by atoms with Gasteiger partial charge >= 0.3 is 0 Å². The lowest BCUT2D eigenvalue weighted by atomic mass is 9.78. The van der Waals surface area contributed by atoms with Gasteiger partial charge in [-0.1, -0.05) is 78.0 Å². The highest BCUT2D eigenvalue weighted by Crippen LogP contribution is 2.52. The second-order valence-corrected chi connectivity index (χ2v) is 8.41. The minimum Gasteiger partial charge on any atom is -0.457 e. The maximum Gasteiger partial charge on any atom is 0.148 e. The molecule has 142 valence electrons. The zero-order chi connectivity index (χ0) is 19.8. The number of halogens is 1. The Bertz CT molecular complexity index is 1140. The second-order valence-electron chi connectivity index (χ2n) is 6.86. The molecule has 0 radical (unpaired) electrons. The number of hydrogen-bond acceptors (Lipinski definition) is 3. The number of fused-ring (bicyclic) bond motifs is 2. The Balaban J connectivity index is 1.77. The standard InChI is InChI=1S/C25H17ClO2S/c26-17-14-15-24(29-18-8-2-1-3-9-18)21(16-17)25(27)19-10-4-6-12-22(19)28-23-13-7-5-11-20(23)25/h1-16,27H. The van der Waals surface area contributed by atoms with Crippen molar-refractivity contribution in [2.75, 3.05) is 0 Å². The Labute approximate surface area is 178 Å². The Kier molecular flexibility index (Phi) is 4.59. The number of ether oxygens (including phenoxy) is 1. The number of aliphatic hydroxyl groups is 1. The maximum atomic E-state index is 12.3. The van der Waals surface area contributed by atoms with E-state index in [4.69, 9.17) is 16.3 Å². The van der Waals surface area contributed by atoms with Crippen LogP contribution in [0.1, 0.15) is 16.7 Å². The molecule has 0 spiro atoms. The first-order chi connectivity index (χ1) is 14.2. The molecule has 0 saturated heterocycles. The lowest BCUT2D eigenvalue weighted by Gasteiger charge is -2.37. The van der Waals surface area contributed by atoms with Crippen LogP contribution in [0.2, 0.25) is 5.02 Å². The molecule has 1 aliphatic heterocycles. The molecule has 0 unspecified atom stereocenters. The average molecular weight is 417 g/mol. The summed E-state index contributed by atoms with van der Waals surface area (Å²) in [6, 6.07) is 31.0. The molecular weight excluding hydrogens is 400 g/mol. The van der Waals surface area contributed by atoms with E-state index in [0.717, 1.165) is 15.4 Å². The van der Waals surface area contributed by atoms with Gasteiger partial charge in [-0.15, -0.1) is 0 Å². The quantitative estimate of drug-likeness (QED) is 0.394. The number of rotatable bonds is 3. The first-order valence-corrected chi connectivity index (χ1v) is 10.5. The highest BCUT2D eigenvalue weighted by molar-refractivity contribution is 7.99. The minimum absolute atomic E-state index is 0.576. The zero-order valence-corrected chi connectivity index (χ0v) is 17.0. The molecular formula is C25H17ClO2S. The molecule has 0 aromatic heterocycles. The van der Waals surface area contributed by atoms with Gasteiger partial charge in [-0.25, -0.2) is 0 Å². The molecule has 29 heavy (non-hydrogen) atoms. The van der Waals surface area contributed by atoms with E-state index in [2.05, 4.69) is 12.1 Å². The van der Waals surface area contributed by atoms with Crippen molar-refractivity contribution in [1.82, 2.24) is 0 Å². The molecule has 0 fully saturated rings. The molecule has 2 nitrogen and oxygen atoms in total. The fourth-order valence-corrected chi connectivity index (χ4v) is 4.92. The smallest absolute Gasteiger partial charge is 0.148 e. The van der Waals surface area contributed by atoms with Gasteiger partial charge in [0.1, 0.15) is 17.1 Å². The van der Waals surface area contributed by atoms with Gasteiger partial charge in [-0.3, -0.25) is 0 Å². The number of para-hydroxylation sites is 2. The largest absolute Gasteiger partial charge is 0.457 e. The van der Waals surface area contributed by atoms with E-state index in [-0.39, 0.29) is 0 Å². The molecule has 0 amide bonds. The van der Waals surface area contributed by atoms with E-state index in [9.17, 15) is 5.11 Å². The summed E-state index contributed by atoms with van der Waals surface area (Å²) in [4.78, 5) is 2.03. The summed E-state index contributed by atoms with van der Waals surface area (Å²) in [6.45, 7) is 0. The van der Waals surface area contributed by atoms with Gasteiger partial charge in [0.2, 0.25) is 0 Å². The molecule has 4 heteroatoms. The van der Waals surface area contributed by atoms with E-state index >= 15 is 0 Å². The molecule has 1 aliphatic rings. The molecule has 0 atom stereocenters. The van der Waals surface area contributed by atoms with E-state index in [1.54, 1.807) is 11.8 Å². The van der Waals surface area contributed by atoms with Crippen LogP contribution < -0.4 is 4.74 Å². The van der Waals surface area contributed by atoms with Gasteiger partial charge in [0, 0.05) is 31.5 Å². The Morgan fingerprint density at radius 1 is 0.690 bits per heavy atom. The normalized spacial score (nSPS) is 13.9. The average Bonchev–Trinajstić information content (AvgIpc) is 2.76. The third-order valence-electron chi connectivity index (χ3n) is 5.08. The van der Waals surface area contributed by atoms with Crippen LogP contribution in [0.25, 0.3) is 0 Å². The lowest BCUT2D eigenvalue weighted by Crippen LogP contribution is -2.33. The molecule has 5 rings (SSSR count). The van der Waals surface area contributed by atoms with Gasteiger partial charge in [0.25, 0.3) is 0 Å². The molecule has 0 saturated carbocycles. The van der Waals surface area contributed by atoms with Gasteiger partial charge < -0.3 is 9.84 Å². The Hall–Kier alpha value is -2.72. The van der Waals surface area contributed by atoms with Crippen molar-refractivity contribution in [1.29, 1.82) is 0 Å². The van der Waals surface area contributed by atoms with Crippen molar-refractivity contribution in [2.24, 2.45) is 0 Å². The van der Waals surface area contributed by atoms with Gasteiger partial charge in [0.15, 0.2) is 0 Å². The van der Waals surface area contributed by atoms with Crippen molar-refractivity contribution in [3.63, 3.8) is 0 Å². The van der Waals surface area contributed by atoms with Crippen LogP contribution in [0.4, 0.5) is 0 Å². The van der Waals surface area contributed by atoms with Crippen molar-refractivity contribution in [3.05, 3.63) is 119 Å². The van der Waals surface area contributed by atoms with Crippen LogP contribution in [-0.4, -0.2) is 5.11 Å². The SMILES string of the molecule is OC1(c2cc(Cl)ccc2Sc2ccccc2)c2ccccc2Oc2ccccc21. The number of hydrogen-bond donors (Lipinski definition) is 1. The van der Waals surface area contributed by atoms with Crippen LogP contribution >= 0.6 is 23.4 Å². The fraction of sp³-hybridized carbons (Fsp3) is 0.0400. The van der Waals surface area contributed by atoms with E-state index in [0.29, 0.717) is 27.6 Å². The van der Waals surface area contributed by atoms with Crippen LogP contribution in [-0.2, 0) is 5.60 Å². The topological polar surface area (TPSA) is 29.5 Å². The molecule has 4 aromatic rings. The summed E-state index contributed by atoms with van der Waals surface area (Å²) in [5.74, 6) is 1.29. The molecule has 0 bridgehead atoms. The Morgan fingerprint density at radius 3 is 1.93 bits per heavy atom. The summed E-state index contributed by atoms with van der Waals surface area (Å²) in [7, 11) is 0. The summed E-state index contributed by atoms with van der Waals surface area (Å²) in [5, 5.41) is 12.9. The lowest BCUT2D eigenvalue weighted by molar-refractivity contribution is 0.110. The first-order valence-electron chi connectivity index (χ1n) is 9.28. The third kappa shape index (κ3) is 3.12. The first kappa shape index (κ1) is 18.3. The van der Waals surface area contributed by atoms with Crippen LogP contribution in [0, 0.1) is 0 Å². The molecule has 1 heterocycles. The van der Waals surface area contributed by atoms with E-state index < -0.39 is 5.60 Å². The Morgan fingerprint density at radius 2 is 1.28 bits per heavy atom. The van der Waals surface area contributed by atoms with Gasteiger partial charge in [0.05, 0.1) is 0 Å². The zero-order valence-electron chi connectivity index (χ0n) is 15.4. The highest BCUT2D eigenvalue weighted by Gasteiger charge is 2.43. The van der Waals surface area contributed by atoms with Crippen LogP contribution in [0.5, 0.6) is 11.5 Å². The number of benzene rings is 4. The predicted octanol–water partition coefficient (Wildman–Crippen LogP) is 6.88. The summed E-state index contributed by atoms with van der Waals surface area (Å²) >= 11 is 8.01. The maximum absolute atomic E-state index is 12.3. The van der Waals surface area contributed by atoms with Crippen molar-refractivity contribution in [2.45, 2.75) is 15.4 Å². The molecule has 0 aliphatic carbocycles. The van der Waals surface area contributed by atoms with Crippen LogP contribution in [0.15, 0.2) is 107 Å². The van der Waals surface area contributed by atoms with Crippen molar-refractivity contribution in [3.8, 4) is 11.5 Å². The van der Waals surface area contributed by atoms with E-state index in [1.165, 1.54) is 0 Å². The van der Waals surface area contributed by atoms with Crippen molar-refractivity contribution < 1.29 is 9.84 Å². The minimum atomic E-state index is -1.38. The van der Waals surface area contributed by atoms with Gasteiger partial charge in [-0.05, 0) is 42.5 Å². The monoisotopic (exact) mass is 416 g/mol. The fourth-order valence-electron chi connectivity index (χ4n) is 3.75. The van der Waals surface area contributed by atoms with E-state index in [1.807, 2.05) is 84.9 Å². The molecule has 4 aromatic carbocycles. The van der Waals surface area contributed by atoms with Crippen molar-refractivity contribution >= 4 is 23.4 Å². The summed E-state index contributed by atoms with van der Waals surface area (Å²) in [5.41, 5.74) is 0.766. The third-order valence-corrected chi connectivity index (χ3v) is 6.39. The summed E-state index contributed by atoms with van der Waals surface area (Å²) < 4.78 is 6.08. The van der Waals surface area contributed by atoms with Gasteiger partial charge in [-0.2, -0.15) is 0 Å². The predicted molar refractivity (Wildman–Crippen MR) is 117 cm³/mol. The molecule has 1 N–H and O–H groups in total. The van der Waals surface area contributed by atoms with Crippen LogP contribution in [0.3, 0.4) is 0 Å². The highest BCUT2D eigenvalue weighted by atomic mass is 35.5. The summed E-state index contributed by atoms with van der Waals surface area (Å²) in [6.07, 6.45) is 0. The second kappa shape index (κ2) is 7.27.